The molecule has 1 aliphatic heterocycles. The molecule has 1 atom stereocenters. The molecule has 0 amide bonds. The summed E-state index contributed by atoms with van der Waals surface area (Å²) in [6.45, 7) is 0.958. The van der Waals surface area contributed by atoms with Gasteiger partial charge in [0.05, 0.1) is 14.1 Å². The van der Waals surface area contributed by atoms with Gasteiger partial charge in [0, 0.05) is 17.2 Å². The molecule has 14 heavy (non-hydrogen) atoms. The van der Waals surface area contributed by atoms with Crippen LogP contribution in [0.2, 0.25) is 0 Å². The first-order valence-electron chi connectivity index (χ1n) is 4.71. The van der Waals surface area contributed by atoms with Crippen molar-refractivity contribution in [2.75, 3.05) is 20.6 Å². The predicted molar refractivity (Wildman–Crippen MR) is 58.9 cm³/mol. The summed E-state index contributed by atoms with van der Waals surface area (Å²) in [5, 5.41) is 0.818. The molecule has 1 aromatic carbocycles. The fourth-order valence-corrected chi connectivity index (χ4v) is 2.05. The van der Waals surface area contributed by atoms with E-state index in [4.69, 9.17) is 11.6 Å². The van der Waals surface area contributed by atoms with Crippen molar-refractivity contribution in [3.05, 3.63) is 35.9 Å². The SMILES string of the molecule is CN1C[C@H](c2ccccc2)[N+](C)=C1Cl. The van der Waals surface area contributed by atoms with Crippen LogP contribution in [0.1, 0.15) is 11.6 Å². The van der Waals surface area contributed by atoms with E-state index in [0.717, 1.165) is 11.8 Å². The molecule has 2 rings (SSSR count). The molecule has 0 unspecified atom stereocenters. The van der Waals surface area contributed by atoms with Gasteiger partial charge in [0.25, 0.3) is 0 Å². The highest BCUT2D eigenvalue weighted by Crippen LogP contribution is 2.23. The Balaban J connectivity index is 2.32. The molecular formula is C11H14ClN2+. The largest absolute Gasteiger partial charge is 0.345 e. The molecule has 1 aliphatic rings. The first kappa shape index (κ1) is 9.53. The average Bonchev–Trinajstić information content (AvgIpc) is 2.47. The molecule has 0 saturated heterocycles. The molecule has 0 bridgehead atoms. The lowest BCUT2D eigenvalue weighted by Gasteiger charge is -2.08. The number of hydrogen-bond acceptors (Lipinski definition) is 1. The Morgan fingerprint density at radius 1 is 1.36 bits per heavy atom. The molecule has 3 heteroatoms. The molecule has 1 heterocycles. The Morgan fingerprint density at radius 3 is 2.50 bits per heavy atom. The number of likely N-dealkylation sites (N-methyl/N-ethyl adjacent to an activating group) is 2. The van der Waals surface area contributed by atoms with Gasteiger partial charge in [-0.1, -0.05) is 30.3 Å². The second kappa shape index (κ2) is 3.62. The Hall–Kier alpha value is -1.02. The van der Waals surface area contributed by atoms with Crippen molar-refractivity contribution in [1.29, 1.82) is 0 Å². The van der Waals surface area contributed by atoms with Crippen LogP contribution in [0.4, 0.5) is 0 Å². The number of rotatable bonds is 1. The van der Waals surface area contributed by atoms with E-state index in [2.05, 4.69) is 33.7 Å². The van der Waals surface area contributed by atoms with Crippen molar-refractivity contribution >= 4 is 16.9 Å². The van der Waals surface area contributed by atoms with E-state index < -0.39 is 0 Å². The highest BCUT2D eigenvalue weighted by molar-refractivity contribution is 6.63. The second-order valence-electron chi connectivity index (χ2n) is 3.69. The van der Waals surface area contributed by atoms with Crippen molar-refractivity contribution in [2.45, 2.75) is 6.04 Å². The number of benzene rings is 1. The summed E-state index contributed by atoms with van der Waals surface area (Å²) < 4.78 is 2.11. The van der Waals surface area contributed by atoms with Crippen LogP contribution in [0.3, 0.4) is 0 Å². The zero-order valence-electron chi connectivity index (χ0n) is 8.44. The van der Waals surface area contributed by atoms with E-state index in [0.29, 0.717) is 6.04 Å². The maximum absolute atomic E-state index is 6.13. The second-order valence-corrected chi connectivity index (χ2v) is 4.03. The lowest BCUT2D eigenvalue weighted by molar-refractivity contribution is -0.531. The van der Waals surface area contributed by atoms with Gasteiger partial charge in [0.2, 0.25) is 0 Å². The first-order valence-corrected chi connectivity index (χ1v) is 5.09. The monoisotopic (exact) mass is 209 g/mol. The molecule has 2 nitrogen and oxygen atoms in total. The van der Waals surface area contributed by atoms with Crippen LogP contribution in [-0.4, -0.2) is 35.4 Å². The lowest BCUT2D eigenvalue weighted by Crippen LogP contribution is -2.19. The number of halogens is 1. The number of amidine groups is 1. The fourth-order valence-electron chi connectivity index (χ4n) is 1.86. The smallest absolute Gasteiger partial charge is 0.249 e. The van der Waals surface area contributed by atoms with Gasteiger partial charge in [-0.2, -0.15) is 0 Å². The minimum atomic E-state index is 0.383. The van der Waals surface area contributed by atoms with Gasteiger partial charge in [-0.25, -0.2) is 9.48 Å². The zero-order chi connectivity index (χ0) is 10.1. The zero-order valence-corrected chi connectivity index (χ0v) is 9.20. The Kier molecular flexibility index (Phi) is 2.46. The molecule has 74 valence electrons. The summed E-state index contributed by atoms with van der Waals surface area (Å²) in [7, 11) is 4.05. The van der Waals surface area contributed by atoms with E-state index in [-0.39, 0.29) is 0 Å². The number of nitrogens with zero attached hydrogens (tertiary/aromatic N) is 2. The first-order chi connectivity index (χ1) is 6.70. The summed E-state index contributed by atoms with van der Waals surface area (Å²) in [5.41, 5.74) is 1.32. The standard InChI is InChI=1S/C11H14ClN2/c1-13-8-10(14(2)11(13)12)9-6-4-3-5-7-9/h3-7,10H,8H2,1-2H3/q+1/t10-/m1/s1. The third kappa shape index (κ3) is 1.50. The van der Waals surface area contributed by atoms with Gasteiger partial charge in [-0.15, -0.1) is 0 Å². The Bertz CT molecular complexity index is 359. The van der Waals surface area contributed by atoms with Crippen LogP contribution in [0.5, 0.6) is 0 Å². The van der Waals surface area contributed by atoms with Gasteiger partial charge in [0.15, 0.2) is 6.04 Å². The van der Waals surface area contributed by atoms with Crippen LogP contribution in [0.15, 0.2) is 30.3 Å². The van der Waals surface area contributed by atoms with Crippen LogP contribution in [-0.2, 0) is 0 Å². The molecule has 0 saturated carbocycles. The molecule has 0 aliphatic carbocycles. The topological polar surface area (TPSA) is 6.25 Å². The summed E-state index contributed by atoms with van der Waals surface area (Å²) in [6.07, 6.45) is 0. The van der Waals surface area contributed by atoms with Crippen molar-refractivity contribution in [3.63, 3.8) is 0 Å². The third-order valence-corrected chi connectivity index (χ3v) is 3.26. The van der Waals surface area contributed by atoms with Crippen molar-refractivity contribution in [1.82, 2.24) is 4.90 Å². The minimum Gasteiger partial charge on any atom is -0.249 e. The molecule has 0 N–H and O–H groups in total. The van der Waals surface area contributed by atoms with Crippen molar-refractivity contribution in [2.24, 2.45) is 0 Å². The van der Waals surface area contributed by atoms with Crippen LogP contribution >= 0.6 is 11.6 Å². The summed E-state index contributed by atoms with van der Waals surface area (Å²) in [4.78, 5) is 2.07. The number of hydrogen-bond donors (Lipinski definition) is 0. The van der Waals surface area contributed by atoms with Crippen LogP contribution < -0.4 is 0 Å². The molecule has 0 aromatic heterocycles. The molecule has 0 spiro atoms. The van der Waals surface area contributed by atoms with E-state index in [1.165, 1.54) is 5.56 Å². The fraction of sp³-hybridized carbons (Fsp3) is 0.364. The Morgan fingerprint density at radius 2 is 2.00 bits per heavy atom. The van der Waals surface area contributed by atoms with Crippen LogP contribution in [0.25, 0.3) is 0 Å². The summed E-state index contributed by atoms with van der Waals surface area (Å²) >= 11 is 6.13. The highest BCUT2D eigenvalue weighted by atomic mass is 35.5. The van der Waals surface area contributed by atoms with Crippen molar-refractivity contribution < 1.29 is 4.58 Å². The quantitative estimate of drug-likeness (QED) is 0.506. The lowest BCUT2D eigenvalue weighted by atomic mass is 10.1. The highest BCUT2D eigenvalue weighted by Gasteiger charge is 2.33. The summed E-state index contributed by atoms with van der Waals surface area (Å²) in [5.74, 6) is 0. The van der Waals surface area contributed by atoms with Gasteiger partial charge in [0.1, 0.15) is 6.54 Å². The van der Waals surface area contributed by atoms with Crippen molar-refractivity contribution in [3.8, 4) is 0 Å². The molecular weight excluding hydrogens is 196 g/mol. The summed E-state index contributed by atoms with van der Waals surface area (Å²) in [6, 6.07) is 10.8. The normalized spacial score (nSPS) is 21.9. The van der Waals surface area contributed by atoms with Gasteiger partial charge >= 0.3 is 5.29 Å². The maximum atomic E-state index is 6.13. The van der Waals surface area contributed by atoms with E-state index >= 15 is 0 Å². The molecule has 0 radical (unpaired) electrons. The van der Waals surface area contributed by atoms with E-state index in [1.807, 2.05) is 20.2 Å². The minimum absolute atomic E-state index is 0.383. The molecule has 1 aromatic rings. The van der Waals surface area contributed by atoms with Crippen LogP contribution in [0, 0.1) is 0 Å². The Labute approximate surface area is 89.4 Å². The van der Waals surface area contributed by atoms with E-state index in [1.54, 1.807) is 0 Å². The van der Waals surface area contributed by atoms with E-state index in [9.17, 15) is 0 Å². The van der Waals surface area contributed by atoms with Gasteiger partial charge in [-0.05, 0) is 0 Å². The average molecular weight is 210 g/mol. The molecule has 0 fully saturated rings. The van der Waals surface area contributed by atoms with Gasteiger partial charge < -0.3 is 0 Å². The maximum Gasteiger partial charge on any atom is 0.345 e. The third-order valence-electron chi connectivity index (χ3n) is 2.70. The van der Waals surface area contributed by atoms with Gasteiger partial charge in [-0.3, -0.25) is 0 Å². The predicted octanol–water partition coefficient (Wildman–Crippen LogP) is 1.91.